The quantitative estimate of drug-likeness (QED) is 0.317. The van der Waals surface area contributed by atoms with Crippen LogP contribution in [0.1, 0.15) is 18.7 Å². The van der Waals surface area contributed by atoms with E-state index in [9.17, 15) is 9.18 Å². The molecule has 0 radical (unpaired) electrons. The molecule has 0 unspecified atom stereocenters. The Morgan fingerprint density at radius 3 is 2.70 bits per heavy atom. The Morgan fingerprint density at radius 1 is 1.09 bits per heavy atom. The van der Waals surface area contributed by atoms with Crippen molar-refractivity contribution in [3.05, 3.63) is 86.0 Å². The van der Waals surface area contributed by atoms with Crippen molar-refractivity contribution in [2.75, 3.05) is 5.32 Å². The number of aromatic nitrogens is 5. The lowest BCUT2D eigenvalue weighted by Crippen LogP contribution is -2.26. The van der Waals surface area contributed by atoms with Crippen LogP contribution < -0.4 is 10.9 Å². The van der Waals surface area contributed by atoms with Gasteiger partial charge in [0.25, 0.3) is 5.56 Å². The zero-order valence-electron chi connectivity index (χ0n) is 16.9. The highest BCUT2D eigenvalue weighted by molar-refractivity contribution is 6.36. The number of H-pyrrole nitrogens is 1. The number of benzene rings is 2. The van der Waals surface area contributed by atoms with Crippen molar-refractivity contribution < 1.29 is 4.39 Å². The molecule has 0 amide bonds. The number of anilines is 1. The molecule has 1 atom stereocenters. The summed E-state index contributed by atoms with van der Waals surface area (Å²) in [6.45, 7) is 1.86. The molecule has 3 heterocycles. The first-order valence-corrected chi connectivity index (χ1v) is 10.9. The molecular weight excluding hydrogens is 490 g/mol. The zero-order valence-corrected chi connectivity index (χ0v) is 19.2. The van der Waals surface area contributed by atoms with E-state index in [2.05, 4.69) is 25.3 Å². The van der Waals surface area contributed by atoms with E-state index in [1.807, 2.05) is 6.92 Å². The van der Waals surface area contributed by atoms with Crippen LogP contribution >= 0.6 is 34.8 Å². The first kappa shape index (κ1) is 21.6. The number of nitrogens with one attached hydrogen (secondary N) is 2. The molecule has 166 valence electrons. The largest absolute Gasteiger partial charge is 0.360 e. The number of hydrogen-bond acceptors (Lipinski definition) is 5. The SMILES string of the molecule is C[C@H](Nc1ncnc2nc[nH]c12)c1cc2ccc(F)c(Cl)c2c(=O)n1-c1ccc(Cl)cc1Cl. The Balaban J connectivity index is 1.76. The van der Waals surface area contributed by atoms with E-state index < -0.39 is 17.4 Å². The van der Waals surface area contributed by atoms with Gasteiger partial charge in [0.1, 0.15) is 17.7 Å². The summed E-state index contributed by atoms with van der Waals surface area (Å²) in [5.41, 5.74) is 1.53. The lowest BCUT2D eigenvalue weighted by Gasteiger charge is -2.22. The van der Waals surface area contributed by atoms with Gasteiger partial charge in [0, 0.05) is 10.7 Å². The molecule has 7 nitrogen and oxygen atoms in total. The number of imidazole rings is 1. The minimum absolute atomic E-state index is 0.0524. The average Bonchev–Trinajstić information content (AvgIpc) is 3.27. The Kier molecular flexibility index (Phi) is 5.44. The second-order valence-electron chi connectivity index (χ2n) is 7.32. The van der Waals surface area contributed by atoms with E-state index in [1.54, 1.807) is 18.2 Å². The highest BCUT2D eigenvalue weighted by Gasteiger charge is 2.21. The van der Waals surface area contributed by atoms with Crippen LogP contribution in [0.4, 0.5) is 10.2 Å². The maximum atomic E-state index is 14.2. The summed E-state index contributed by atoms with van der Waals surface area (Å²) in [5, 5.41) is 4.25. The van der Waals surface area contributed by atoms with Crippen LogP contribution in [-0.4, -0.2) is 24.5 Å². The summed E-state index contributed by atoms with van der Waals surface area (Å²) < 4.78 is 15.6. The van der Waals surface area contributed by atoms with Gasteiger partial charge < -0.3 is 10.3 Å². The van der Waals surface area contributed by atoms with Crippen LogP contribution in [-0.2, 0) is 0 Å². The van der Waals surface area contributed by atoms with Crippen LogP contribution in [0.25, 0.3) is 27.6 Å². The van der Waals surface area contributed by atoms with Crippen LogP contribution in [0.5, 0.6) is 0 Å². The molecule has 0 aliphatic carbocycles. The Hall–Kier alpha value is -3.20. The zero-order chi connectivity index (χ0) is 23.3. The fraction of sp³-hybridized carbons (Fsp3) is 0.0909. The normalized spacial score (nSPS) is 12.4. The molecule has 33 heavy (non-hydrogen) atoms. The summed E-state index contributed by atoms with van der Waals surface area (Å²) in [6, 6.07) is 8.83. The lowest BCUT2D eigenvalue weighted by molar-refractivity contribution is 0.629. The molecule has 0 fully saturated rings. The molecule has 0 aliphatic heterocycles. The first-order chi connectivity index (χ1) is 15.8. The Bertz CT molecular complexity index is 1600. The Morgan fingerprint density at radius 2 is 1.91 bits per heavy atom. The molecule has 5 aromatic rings. The molecule has 3 aromatic heterocycles. The number of aromatic amines is 1. The van der Waals surface area contributed by atoms with Crippen molar-refractivity contribution in [3.8, 4) is 5.69 Å². The molecule has 0 bridgehead atoms. The summed E-state index contributed by atoms with van der Waals surface area (Å²) in [5.74, 6) is -0.181. The molecule has 11 heteroatoms. The summed E-state index contributed by atoms with van der Waals surface area (Å²) in [7, 11) is 0. The standard InChI is InChI=1S/C22H14Cl3FN6O/c1-10(31-21-19-20(28-8-27-19)29-9-30-21)16-6-11-2-4-14(26)18(25)17(11)22(33)32(16)15-5-3-12(23)7-13(15)24/h2-10H,1H3,(H2,27,28,29,30,31)/t10-/m0/s1. The first-order valence-electron chi connectivity index (χ1n) is 9.75. The monoisotopic (exact) mass is 502 g/mol. The van der Waals surface area contributed by atoms with Gasteiger partial charge >= 0.3 is 0 Å². The third-order valence-corrected chi connectivity index (χ3v) is 6.18. The van der Waals surface area contributed by atoms with Crippen molar-refractivity contribution >= 4 is 62.6 Å². The van der Waals surface area contributed by atoms with Crippen LogP contribution in [0.2, 0.25) is 15.1 Å². The third-order valence-electron chi connectivity index (χ3n) is 5.28. The number of halogens is 4. The molecule has 0 aliphatic rings. The number of hydrogen-bond donors (Lipinski definition) is 2. The van der Waals surface area contributed by atoms with Gasteiger partial charge in [-0.05, 0) is 42.6 Å². The van der Waals surface area contributed by atoms with Crippen molar-refractivity contribution in [2.45, 2.75) is 13.0 Å². The van der Waals surface area contributed by atoms with Crippen molar-refractivity contribution in [1.82, 2.24) is 24.5 Å². The van der Waals surface area contributed by atoms with Gasteiger partial charge in [-0.1, -0.05) is 40.9 Å². The molecule has 0 saturated heterocycles. The summed E-state index contributed by atoms with van der Waals surface area (Å²) >= 11 is 18.7. The highest BCUT2D eigenvalue weighted by atomic mass is 35.5. The molecule has 0 spiro atoms. The van der Waals surface area contributed by atoms with Gasteiger partial charge in [0.05, 0.1) is 33.5 Å². The van der Waals surface area contributed by atoms with Gasteiger partial charge in [-0.2, -0.15) is 0 Å². The predicted molar refractivity (Wildman–Crippen MR) is 128 cm³/mol. The van der Waals surface area contributed by atoms with Crippen molar-refractivity contribution in [2.24, 2.45) is 0 Å². The fourth-order valence-corrected chi connectivity index (χ4v) is 4.49. The van der Waals surface area contributed by atoms with Gasteiger partial charge in [-0.3, -0.25) is 9.36 Å². The maximum absolute atomic E-state index is 14.2. The molecule has 0 saturated carbocycles. The smallest absolute Gasteiger partial charge is 0.264 e. The van der Waals surface area contributed by atoms with Gasteiger partial charge in [0.15, 0.2) is 11.5 Å². The van der Waals surface area contributed by atoms with Crippen molar-refractivity contribution in [1.29, 1.82) is 0 Å². The predicted octanol–water partition coefficient (Wildman–Crippen LogP) is 5.93. The fourth-order valence-electron chi connectivity index (χ4n) is 3.74. The molecule has 2 N–H and O–H groups in total. The second-order valence-corrected chi connectivity index (χ2v) is 8.54. The van der Waals surface area contributed by atoms with E-state index in [-0.39, 0.29) is 15.4 Å². The van der Waals surface area contributed by atoms with E-state index >= 15 is 0 Å². The minimum Gasteiger partial charge on any atom is -0.360 e. The summed E-state index contributed by atoms with van der Waals surface area (Å²) in [4.78, 5) is 29.2. The topological polar surface area (TPSA) is 88.5 Å². The van der Waals surface area contributed by atoms with Crippen LogP contribution in [0, 0.1) is 5.82 Å². The van der Waals surface area contributed by atoms with E-state index in [0.29, 0.717) is 38.8 Å². The maximum Gasteiger partial charge on any atom is 0.264 e. The van der Waals surface area contributed by atoms with E-state index in [0.717, 1.165) is 0 Å². The van der Waals surface area contributed by atoms with Crippen LogP contribution in [0.3, 0.4) is 0 Å². The van der Waals surface area contributed by atoms with Gasteiger partial charge in [0.2, 0.25) is 0 Å². The van der Waals surface area contributed by atoms with Crippen molar-refractivity contribution in [3.63, 3.8) is 0 Å². The van der Waals surface area contributed by atoms with Gasteiger partial charge in [-0.15, -0.1) is 0 Å². The van der Waals surface area contributed by atoms with Crippen LogP contribution in [0.15, 0.2) is 53.8 Å². The molecular formula is C22H14Cl3FN6O. The summed E-state index contributed by atoms with van der Waals surface area (Å²) in [6.07, 6.45) is 2.91. The molecule has 2 aromatic carbocycles. The average molecular weight is 504 g/mol. The third kappa shape index (κ3) is 3.70. The number of pyridine rings is 1. The number of fused-ring (bicyclic) bond motifs is 2. The lowest BCUT2D eigenvalue weighted by atomic mass is 10.1. The van der Waals surface area contributed by atoms with Gasteiger partial charge in [-0.25, -0.2) is 19.3 Å². The Labute approximate surface area is 201 Å². The second kappa shape index (κ2) is 8.30. The molecule has 5 rings (SSSR count). The van der Waals surface area contributed by atoms with E-state index in [1.165, 1.54) is 35.4 Å². The highest BCUT2D eigenvalue weighted by Crippen LogP contribution is 2.32. The number of rotatable bonds is 4. The number of nitrogens with zero attached hydrogens (tertiary/aromatic N) is 4. The van der Waals surface area contributed by atoms with E-state index in [4.69, 9.17) is 34.8 Å². The minimum atomic E-state index is -0.684.